The van der Waals surface area contributed by atoms with Gasteiger partial charge in [-0.05, 0) is 55.8 Å². The predicted octanol–water partition coefficient (Wildman–Crippen LogP) is 4.08. The van der Waals surface area contributed by atoms with E-state index >= 15 is 0 Å². The number of pyridine rings is 1. The van der Waals surface area contributed by atoms with Crippen molar-refractivity contribution >= 4 is 5.82 Å². The highest BCUT2D eigenvalue weighted by Gasteiger charge is 2.24. The zero-order chi connectivity index (χ0) is 15.2. The largest absolute Gasteiger partial charge is 0.354 e. The van der Waals surface area contributed by atoms with Gasteiger partial charge in [-0.1, -0.05) is 27.7 Å². The highest BCUT2D eigenvalue weighted by molar-refractivity contribution is 5.45. The molecular formula is C18H31N3. The molecule has 0 saturated carbocycles. The van der Waals surface area contributed by atoms with Crippen molar-refractivity contribution in [3.05, 3.63) is 23.4 Å². The molecular weight excluding hydrogens is 258 g/mol. The van der Waals surface area contributed by atoms with Gasteiger partial charge in [-0.2, -0.15) is 0 Å². The molecule has 2 rings (SSSR count). The van der Waals surface area contributed by atoms with Crippen LogP contribution in [-0.4, -0.2) is 24.1 Å². The molecule has 1 aliphatic heterocycles. The van der Waals surface area contributed by atoms with Gasteiger partial charge in [0, 0.05) is 24.8 Å². The maximum atomic E-state index is 4.94. The number of rotatable bonds is 7. The van der Waals surface area contributed by atoms with Crippen LogP contribution in [0.2, 0.25) is 0 Å². The van der Waals surface area contributed by atoms with Crippen LogP contribution in [0, 0.1) is 0 Å². The van der Waals surface area contributed by atoms with E-state index in [2.05, 4.69) is 50.0 Å². The number of nitrogens with one attached hydrogen (secondary N) is 1. The van der Waals surface area contributed by atoms with Gasteiger partial charge in [-0.25, -0.2) is 4.98 Å². The van der Waals surface area contributed by atoms with Crippen molar-refractivity contribution in [2.24, 2.45) is 0 Å². The molecule has 1 saturated heterocycles. The number of hydrogen-bond donors (Lipinski definition) is 1. The molecule has 0 amide bonds. The Morgan fingerprint density at radius 1 is 1.33 bits per heavy atom. The fourth-order valence-corrected chi connectivity index (χ4v) is 3.11. The molecule has 3 heteroatoms. The van der Waals surface area contributed by atoms with E-state index in [1.165, 1.54) is 42.8 Å². The van der Waals surface area contributed by atoms with Gasteiger partial charge >= 0.3 is 0 Å². The van der Waals surface area contributed by atoms with Gasteiger partial charge in [0.1, 0.15) is 5.82 Å². The van der Waals surface area contributed by atoms with Crippen molar-refractivity contribution in [3.8, 4) is 0 Å². The van der Waals surface area contributed by atoms with Gasteiger partial charge in [0.25, 0.3) is 0 Å². The van der Waals surface area contributed by atoms with Crippen molar-refractivity contribution in [2.45, 2.75) is 71.9 Å². The molecule has 2 heterocycles. The fourth-order valence-electron chi connectivity index (χ4n) is 3.11. The quantitative estimate of drug-likeness (QED) is 0.767. The molecule has 1 atom stereocenters. The SMILES string of the molecule is CCCNCc1cc(C(C)C)nc(N2CCCC2CC)c1. The zero-order valence-corrected chi connectivity index (χ0v) is 14.2. The summed E-state index contributed by atoms with van der Waals surface area (Å²) in [7, 11) is 0. The molecule has 0 bridgehead atoms. The minimum absolute atomic E-state index is 0.484. The summed E-state index contributed by atoms with van der Waals surface area (Å²) >= 11 is 0. The molecule has 0 radical (unpaired) electrons. The van der Waals surface area contributed by atoms with Crippen molar-refractivity contribution < 1.29 is 0 Å². The number of nitrogens with zero attached hydrogens (tertiary/aromatic N) is 2. The van der Waals surface area contributed by atoms with E-state index in [1.54, 1.807) is 0 Å². The third kappa shape index (κ3) is 4.19. The minimum Gasteiger partial charge on any atom is -0.354 e. The van der Waals surface area contributed by atoms with Crippen LogP contribution >= 0.6 is 0 Å². The van der Waals surface area contributed by atoms with Crippen molar-refractivity contribution in [1.82, 2.24) is 10.3 Å². The van der Waals surface area contributed by atoms with E-state index in [9.17, 15) is 0 Å². The highest BCUT2D eigenvalue weighted by atomic mass is 15.2. The van der Waals surface area contributed by atoms with Crippen molar-refractivity contribution in [3.63, 3.8) is 0 Å². The maximum Gasteiger partial charge on any atom is 0.129 e. The first-order valence-electron chi connectivity index (χ1n) is 8.63. The summed E-state index contributed by atoms with van der Waals surface area (Å²) in [6, 6.07) is 5.24. The standard InChI is InChI=1S/C18H31N3/c1-5-9-19-13-15-11-17(14(3)4)20-18(12-15)21-10-7-8-16(21)6-2/h11-12,14,16,19H,5-10,13H2,1-4H3. The van der Waals surface area contributed by atoms with Crippen LogP contribution in [0.1, 0.15) is 70.6 Å². The Kier molecular flexibility index (Phi) is 6.04. The van der Waals surface area contributed by atoms with E-state index in [4.69, 9.17) is 4.98 Å². The first-order valence-corrected chi connectivity index (χ1v) is 8.63. The van der Waals surface area contributed by atoms with Crippen LogP contribution in [0.15, 0.2) is 12.1 Å². The van der Waals surface area contributed by atoms with E-state index in [-0.39, 0.29) is 0 Å². The minimum atomic E-state index is 0.484. The highest BCUT2D eigenvalue weighted by Crippen LogP contribution is 2.28. The Bertz CT molecular complexity index is 442. The summed E-state index contributed by atoms with van der Waals surface area (Å²) in [5.74, 6) is 1.68. The lowest BCUT2D eigenvalue weighted by Crippen LogP contribution is -2.29. The van der Waals surface area contributed by atoms with E-state index in [0.29, 0.717) is 12.0 Å². The molecule has 1 aromatic heterocycles. The molecule has 3 nitrogen and oxygen atoms in total. The third-order valence-electron chi connectivity index (χ3n) is 4.38. The lowest BCUT2D eigenvalue weighted by Gasteiger charge is -2.26. The zero-order valence-electron chi connectivity index (χ0n) is 14.2. The fraction of sp³-hybridized carbons (Fsp3) is 0.722. The molecule has 0 aliphatic carbocycles. The first kappa shape index (κ1) is 16.3. The first-order chi connectivity index (χ1) is 10.2. The molecule has 0 aromatic carbocycles. The van der Waals surface area contributed by atoms with Crippen LogP contribution in [0.3, 0.4) is 0 Å². The Morgan fingerprint density at radius 2 is 2.14 bits per heavy atom. The number of anilines is 1. The van der Waals surface area contributed by atoms with E-state index in [0.717, 1.165) is 19.6 Å². The summed E-state index contributed by atoms with van der Waals surface area (Å²) in [6.07, 6.45) is 5.01. The molecule has 1 aliphatic rings. The van der Waals surface area contributed by atoms with E-state index < -0.39 is 0 Å². The Hall–Kier alpha value is -1.09. The molecule has 1 unspecified atom stereocenters. The Balaban J connectivity index is 2.22. The topological polar surface area (TPSA) is 28.2 Å². The average Bonchev–Trinajstić information content (AvgIpc) is 2.95. The third-order valence-corrected chi connectivity index (χ3v) is 4.38. The molecule has 0 spiro atoms. The lowest BCUT2D eigenvalue weighted by molar-refractivity contribution is 0.635. The van der Waals surface area contributed by atoms with Crippen LogP contribution in [0.25, 0.3) is 0 Å². The summed E-state index contributed by atoms with van der Waals surface area (Å²) in [5, 5.41) is 3.51. The molecule has 21 heavy (non-hydrogen) atoms. The second-order valence-electron chi connectivity index (χ2n) is 6.49. The van der Waals surface area contributed by atoms with Gasteiger partial charge in [0.15, 0.2) is 0 Å². The van der Waals surface area contributed by atoms with Gasteiger partial charge in [-0.3, -0.25) is 0 Å². The molecule has 118 valence electrons. The Labute approximate surface area is 130 Å². The average molecular weight is 289 g/mol. The van der Waals surface area contributed by atoms with Crippen LogP contribution in [0.5, 0.6) is 0 Å². The van der Waals surface area contributed by atoms with Gasteiger partial charge in [0.2, 0.25) is 0 Å². The molecule has 1 aromatic rings. The number of aromatic nitrogens is 1. The van der Waals surface area contributed by atoms with Gasteiger partial charge in [-0.15, -0.1) is 0 Å². The summed E-state index contributed by atoms with van der Waals surface area (Å²) in [5.41, 5.74) is 2.60. The maximum absolute atomic E-state index is 4.94. The van der Waals surface area contributed by atoms with Crippen molar-refractivity contribution in [1.29, 1.82) is 0 Å². The Morgan fingerprint density at radius 3 is 2.81 bits per heavy atom. The summed E-state index contributed by atoms with van der Waals surface area (Å²) in [4.78, 5) is 7.46. The van der Waals surface area contributed by atoms with E-state index in [1.807, 2.05) is 0 Å². The smallest absolute Gasteiger partial charge is 0.129 e. The lowest BCUT2D eigenvalue weighted by atomic mass is 10.1. The number of hydrogen-bond acceptors (Lipinski definition) is 3. The summed E-state index contributed by atoms with van der Waals surface area (Å²) in [6.45, 7) is 12.2. The second-order valence-corrected chi connectivity index (χ2v) is 6.49. The molecule has 1 fully saturated rings. The van der Waals surface area contributed by atoms with Crippen LogP contribution in [0.4, 0.5) is 5.82 Å². The summed E-state index contributed by atoms with van der Waals surface area (Å²) < 4.78 is 0. The van der Waals surface area contributed by atoms with Gasteiger partial charge in [0.05, 0.1) is 0 Å². The molecule has 1 N–H and O–H groups in total. The van der Waals surface area contributed by atoms with Crippen LogP contribution in [-0.2, 0) is 6.54 Å². The second kappa shape index (κ2) is 7.79. The van der Waals surface area contributed by atoms with Crippen LogP contribution < -0.4 is 10.2 Å². The van der Waals surface area contributed by atoms with Crippen molar-refractivity contribution in [2.75, 3.05) is 18.0 Å². The monoisotopic (exact) mass is 289 g/mol. The predicted molar refractivity (Wildman–Crippen MR) is 91.0 cm³/mol. The van der Waals surface area contributed by atoms with Gasteiger partial charge < -0.3 is 10.2 Å². The normalized spacial score (nSPS) is 18.7.